The Kier molecular flexibility index (Phi) is 3.65. The van der Waals surface area contributed by atoms with Crippen LogP contribution >= 0.6 is 0 Å². The van der Waals surface area contributed by atoms with Gasteiger partial charge in [0.2, 0.25) is 0 Å². The minimum atomic E-state index is -0.272. The van der Waals surface area contributed by atoms with Crippen molar-refractivity contribution in [3.8, 4) is 0 Å². The molecular formula is C12H23NO3. The maximum Gasteiger partial charge on any atom is 0.183 e. The second kappa shape index (κ2) is 4.34. The highest BCUT2D eigenvalue weighted by molar-refractivity contribution is 5.60. The summed E-state index contributed by atoms with van der Waals surface area (Å²) < 4.78 is 12.5. The van der Waals surface area contributed by atoms with Crippen molar-refractivity contribution < 1.29 is 14.2 Å². The minimum Gasteiger partial charge on any atom is -0.624 e. The molecule has 0 spiro atoms. The van der Waals surface area contributed by atoms with Gasteiger partial charge in [0.15, 0.2) is 25.0 Å². The van der Waals surface area contributed by atoms with E-state index >= 15 is 0 Å². The van der Waals surface area contributed by atoms with Crippen LogP contribution in [-0.2, 0) is 9.47 Å². The van der Waals surface area contributed by atoms with Crippen LogP contribution in [0, 0.1) is 5.21 Å². The molecule has 1 aliphatic rings. The highest BCUT2D eigenvalue weighted by Crippen LogP contribution is 2.21. The average molecular weight is 229 g/mol. The minimum absolute atomic E-state index is 0.184. The molecule has 1 aliphatic heterocycles. The lowest BCUT2D eigenvalue weighted by molar-refractivity contribution is -0.455. The van der Waals surface area contributed by atoms with Gasteiger partial charge in [0, 0.05) is 0 Å². The molecule has 0 aromatic heterocycles. The Balaban J connectivity index is 2.65. The first-order valence-corrected chi connectivity index (χ1v) is 5.71. The predicted octanol–water partition coefficient (Wildman–Crippen LogP) is 1.95. The molecule has 0 amide bonds. The Labute approximate surface area is 97.8 Å². The zero-order chi connectivity index (χ0) is 12.6. The number of hydroxylamine groups is 1. The fourth-order valence-electron chi connectivity index (χ4n) is 1.67. The summed E-state index contributed by atoms with van der Waals surface area (Å²) in [5, 5.41) is 11.3. The molecule has 0 radical (unpaired) electrons. The molecular weight excluding hydrogens is 206 g/mol. The lowest BCUT2D eigenvalue weighted by atomic mass is 10.1. The summed E-state index contributed by atoms with van der Waals surface area (Å²) in [6.45, 7) is 12.2. The number of ether oxygens (including phenoxy) is 2. The van der Waals surface area contributed by atoms with Gasteiger partial charge in [-0.1, -0.05) is 0 Å². The van der Waals surface area contributed by atoms with E-state index in [4.69, 9.17) is 9.47 Å². The monoisotopic (exact) mass is 229 g/mol. The number of nitrogens with zero attached hydrogens (tertiary/aromatic N) is 1. The fraction of sp³-hybridized carbons (Fsp3) is 0.917. The lowest BCUT2D eigenvalue weighted by Gasteiger charge is -2.29. The molecule has 0 aromatic rings. The largest absolute Gasteiger partial charge is 0.624 e. The Hall–Kier alpha value is -0.610. The van der Waals surface area contributed by atoms with Crippen LogP contribution in [-0.4, -0.2) is 40.9 Å². The molecule has 0 unspecified atom stereocenters. The first-order chi connectivity index (χ1) is 7.07. The van der Waals surface area contributed by atoms with Crippen LogP contribution in [0.5, 0.6) is 0 Å². The molecule has 0 saturated carbocycles. The van der Waals surface area contributed by atoms with Crippen molar-refractivity contribution in [3.63, 3.8) is 0 Å². The maximum atomic E-state index is 11.3. The third-order valence-corrected chi connectivity index (χ3v) is 2.03. The number of hydrogen-bond acceptors (Lipinski definition) is 3. The van der Waals surface area contributed by atoms with Gasteiger partial charge in [0.05, 0.1) is 11.2 Å². The molecule has 2 atom stereocenters. The van der Waals surface area contributed by atoms with Gasteiger partial charge in [-0.05, 0) is 41.5 Å². The molecule has 0 aromatic carbocycles. The summed E-state index contributed by atoms with van der Waals surface area (Å²) in [5.74, 6) is 0. The summed E-state index contributed by atoms with van der Waals surface area (Å²) in [4.78, 5) is 0. The van der Waals surface area contributed by atoms with Crippen molar-refractivity contribution in [2.24, 2.45) is 0 Å². The standard InChI is InChI=1S/C12H23NO3/c1-11(2,3)15-9-7-13(14)8-10(9)16-12(4,5)6/h7,9-10H,8H2,1-6H3/t9-,10-/m0/s1. The maximum absolute atomic E-state index is 11.3. The van der Waals surface area contributed by atoms with Gasteiger partial charge >= 0.3 is 0 Å². The summed E-state index contributed by atoms with van der Waals surface area (Å²) in [5.41, 5.74) is -0.533. The first-order valence-electron chi connectivity index (χ1n) is 5.71. The van der Waals surface area contributed by atoms with Crippen molar-refractivity contribution in [2.75, 3.05) is 6.54 Å². The molecule has 94 valence electrons. The second-order valence-corrected chi connectivity index (χ2v) is 6.21. The summed E-state index contributed by atoms with van der Waals surface area (Å²) in [6.07, 6.45) is 1.12. The molecule has 0 aliphatic carbocycles. The van der Waals surface area contributed by atoms with Crippen molar-refractivity contribution in [1.82, 2.24) is 0 Å². The molecule has 0 bridgehead atoms. The van der Waals surface area contributed by atoms with Crippen molar-refractivity contribution in [2.45, 2.75) is 65.0 Å². The van der Waals surface area contributed by atoms with Crippen LogP contribution in [0.25, 0.3) is 0 Å². The third kappa shape index (κ3) is 4.49. The van der Waals surface area contributed by atoms with Gasteiger partial charge in [0.1, 0.15) is 0 Å². The number of hydrogen-bond donors (Lipinski definition) is 0. The topological polar surface area (TPSA) is 44.5 Å². The molecule has 0 N–H and O–H groups in total. The van der Waals surface area contributed by atoms with Gasteiger partial charge in [-0.15, -0.1) is 0 Å². The van der Waals surface area contributed by atoms with E-state index in [0.717, 1.165) is 4.74 Å². The van der Waals surface area contributed by atoms with Crippen LogP contribution in [0.1, 0.15) is 41.5 Å². The highest BCUT2D eigenvalue weighted by atomic mass is 16.6. The zero-order valence-corrected chi connectivity index (χ0v) is 11.1. The summed E-state index contributed by atoms with van der Waals surface area (Å²) in [6, 6.07) is 0. The van der Waals surface area contributed by atoms with E-state index in [2.05, 4.69) is 0 Å². The molecule has 1 rings (SSSR count). The zero-order valence-electron chi connectivity index (χ0n) is 11.1. The number of rotatable bonds is 2. The quantitative estimate of drug-likeness (QED) is 0.537. The van der Waals surface area contributed by atoms with E-state index in [1.165, 1.54) is 0 Å². The molecule has 1 heterocycles. The normalized spacial score (nSPS) is 27.0. The van der Waals surface area contributed by atoms with E-state index in [1.807, 2.05) is 41.5 Å². The first kappa shape index (κ1) is 13.5. The van der Waals surface area contributed by atoms with Crippen molar-refractivity contribution in [3.05, 3.63) is 5.21 Å². The Morgan fingerprint density at radius 1 is 1.06 bits per heavy atom. The van der Waals surface area contributed by atoms with E-state index in [1.54, 1.807) is 6.21 Å². The van der Waals surface area contributed by atoms with Crippen molar-refractivity contribution in [1.29, 1.82) is 0 Å². The van der Waals surface area contributed by atoms with Gasteiger partial charge in [0.25, 0.3) is 0 Å². The molecule has 0 saturated heterocycles. The molecule has 4 heteroatoms. The van der Waals surface area contributed by atoms with Crippen LogP contribution in [0.3, 0.4) is 0 Å². The highest BCUT2D eigenvalue weighted by Gasteiger charge is 2.38. The van der Waals surface area contributed by atoms with Crippen LogP contribution in [0.15, 0.2) is 0 Å². The second-order valence-electron chi connectivity index (χ2n) is 6.21. The van der Waals surface area contributed by atoms with E-state index in [0.29, 0.717) is 6.54 Å². The third-order valence-electron chi connectivity index (χ3n) is 2.03. The van der Waals surface area contributed by atoms with Crippen LogP contribution in [0.4, 0.5) is 0 Å². The van der Waals surface area contributed by atoms with E-state index < -0.39 is 0 Å². The van der Waals surface area contributed by atoms with Gasteiger partial charge in [-0.2, -0.15) is 0 Å². The fourth-order valence-corrected chi connectivity index (χ4v) is 1.67. The predicted molar refractivity (Wildman–Crippen MR) is 63.8 cm³/mol. The summed E-state index contributed by atoms with van der Waals surface area (Å²) in [7, 11) is 0. The van der Waals surface area contributed by atoms with Crippen molar-refractivity contribution >= 4 is 6.21 Å². The smallest absolute Gasteiger partial charge is 0.183 e. The van der Waals surface area contributed by atoms with Gasteiger partial charge < -0.3 is 14.7 Å². The van der Waals surface area contributed by atoms with Gasteiger partial charge in [-0.3, -0.25) is 0 Å². The average Bonchev–Trinajstić information content (AvgIpc) is 2.23. The van der Waals surface area contributed by atoms with Gasteiger partial charge in [-0.25, -0.2) is 4.74 Å². The van der Waals surface area contributed by atoms with Crippen LogP contribution in [0.2, 0.25) is 0 Å². The Morgan fingerprint density at radius 2 is 1.56 bits per heavy atom. The van der Waals surface area contributed by atoms with Crippen LogP contribution < -0.4 is 0 Å². The van der Waals surface area contributed by atoms with E-state index in [-0.39, 0.29) is 23.4 Å². The summed E-state index contributed by atoms with van der Waals surface area (Å²) >= 11 is 0. The molecule has 4 nitrogen and oxygen atoms in total. The molecule has 0 fully saturated rings. The van der Waals surface area contributed by atoms with E-state index in [9.17, 15) is 5.21 Å². The SMILES string of the molecule is CC(C)(C)O[C@H]1C=[N+]([O-])C[C@@H]1OC(C)(C)C. The lowest BCUT2D eigenvalue weighted by Crippen LogP contribution is -2.41. The Bertz CT molecular complexity index is 273. The Morgan fingerprint density at radius 3 is 2.00 bits per heavy atom. The molecule has 16 heavy (non-hydrogen) atoms.